The number of aryl methyl sites for hydroxylation is 8. The Morgan fingerprint density at radius 1 is 0.324 bits per heavy atom. The first-order chi connectivity index (χ1) is 32.3. The summed E-state index contributed by atoms with van der Waals surface area (Å²) in [5.74, 6) is 0. The van der Waals surface area contributed by atoms with E-state index in [0.29, 0.717) is 134 Å². The first-order valence-electron chi connectivity index (χ1n) is 21.5. The van der Waals surface area contributed by atoms with Crippen LogP contribution in [0.5, 0.6) is 0 Å². The molecule has 0 radical (unpaired) electrons. The number of non-ortho nitro benzene ring substituents is 4. The Hall–Kier alpha value is -8.92. The standard InChI is InChI=1S/C52H42N8O8/c1-25-17-33(57(61)62)18-26(2)45(25)49-37-9-11-39(53-37)50(46-27(3)19-34(58(63)64)20-28(46)4)41-13-15-43(55-41)52(48-31(7)23-36(60(67)68)24-32(48)8)44-16-14-42(56-44)51(40-12-10-38(49)54-40)47-29(5)21-35(59(65)66)22-30(47)6/h9-24,53,56H,1-8H3. The van der Waals surface area contributed by atoms with Crippen molar-refractivity contribution in [3.8, 4) is 44.5 Å². The average Bonchev–Trinajstić information content (AvgIpc) is 4.11. The molecular weight excluding hydrogens is 865 g/mol. The van der Waals surface area contributed by atoms with Crippen LogP contribution in [0.2, 0.25) is 0 Å². The monoisotopic (exact) mass is 906 g/mol. The van der Waals surface area contributed by atoms with Crippen LogP contribution in [0.3, 0.4) is 0 Å². The molecule has 16 heteroatoms. The Kier molecular flexibility index (Phi) is 10.7. The second-order valence-electron chi connectivity index (χ2n) is 17.3. The minimum absolute atomic E-state index is 0.0590. The van der Waals surface area contributed by atoms with Crippen LogP contribution < -0.4 is 0 Å². The molecule has 5 heterocycles. The van der Waals surface area contributed by atoms with Gasteiger partial charge in [0.2, 0.25) is 0 Å². The lowest BCUT2D eigenvalue weighted by atomic mass is 9.93. The van der Waals surface area contributed by atoms with E-state index in [1.54, 1.807) is 0 Å². The molecule has 68 heavy (non-hydrogen) atoms. The molecule has 0 saturated carbocycles. The second-order valence-corrected chi connectivity index (χ2v) is 17.3. The predicted molar refractivity (Wildman–Crippen MR) is 265 cm³/mol. The van der Waals surface area contributed by atoms with Crippen molar-refractivity contribution in [3.63, 3.8) is 0 Å². The largest absolute Gasteiger partial charge is 0.354 e. The number of nitro benzene ring substituents is 4. The molecule has 0 atom stereocenters. The van der Waals surface area contributed by atoms with Gasteiger partial charge < -0.3 is 9.97 Å². The Morgan fingerprint density at radius 3 is 0.662 bits per heavy atom. The molecular formula is C52H42N8O8. The van der Waals surface area contributed by atoms with Gasteiger partial charge in [0.25, 0.3) is 22.7 Å². The van der Waals surface area contributed by atoms with Crippen LogP contribution in [-0.2, 0) is 0 Å². The number of nitro groups is 4. The Bertz CT molecular complexity index is 3130. The van der Waals surface area contributed by atoms with E-state index in [1.165, 1.54) is 48.5 Å². The van der Waals surface area contributed by atoms with Gasteiger partial charge in [-0.3, -0.25) is 40.5 Å². The molecule has 2 N–H and O–H groups in total. The van der Waals surface area contributed by atoms with E-state index in [2.05, 4.69) is 9.97 Å². The average molecular weight is 907 g/mol. The topological polar surface area (TPSA) is 230 Å². The summed E-state index contributed by atoms with van der Waals surface area (Å²) in [4.78, 5) is 64.6. The molecule has 0 fully saturated rings. The molecule has 2 aliphatic heterocycles. The van der Waals surface area contributed by atoms with Crippen LogP contribution in [0.4, 0.5) is 22.7 Å². The predicted octanol–water partition coefficient (Wildman–Crippen LogP) is 13.4. The quantitative estimate of drug-likeness (QED) is 0.108. The molecule has 4 aromatic carbocycles. The number of fused-ring (bicyclic) bond motifs is 8. The van der Waals surface area contributed by atoms with Crippen LogP contribution in [-0.4, -0.2) is 39.6 Å². The fourth-order valence-corrected chi connectivity index (χ4v) is 10.0. The van der Waals surface area contributed by atoms with Crippen LogP contribution in [0.25, 0.3) is 90.9 Å². The molecule has 0 spiro atoms. The number of nitrogens with zero attached hydrogens (tertiary/aromatic N) is 6. The zero-order chi connectivity index (χ0) is 48.6. The maximum Gasteiger partial charge on any atom is 0.269 e. The summed E-state index contributed by atoms with van der Waals surface area (Å²) in [7, 11) is 0. The zero-order valence-corrected chi connectivity index (χ0v) is 38.2. The van der Waals surface area contributed by atoms with Gasteiger partial charge >= 0.3 is 0 Å². The van der Waals surface area contributed by atoms with Gasteiger partial charge in [-0.25, -0.2) is 9.97 Å². The van der Waals surface area contributed by atoms with Crippen molar-refractivity contribution in [2.75, 3.05) is 0 Å². The van der Waals surface area contributed by atoms with Crippen molar-refractivity contribution in [1.29, 1.82) is 0 Å². The number of hydrogen-bond donors (Lipinski definition) is 2. The van der Waals surface area contributed by atoms with Crippen LogP contribution in [0, 0.1) is 95.8 Å². The fraction of sp³-hybridized carbons (Fsp3) is 0.154. The number of benzene rings is 4. The molecule has 8 bridgehead atoms. The van der Waals surface area contributed by atoms with E-state index in [4.69, 9.17) is 9.97 Å². The van der Waals surface area contributed by atoms with Gasteiger partial charge in [-0.15, -0.1) is 0 Å². The van der Waals surface area contributed by atoms with E-state index in [9.17, 15) is 40.5 Å². The van der Waals surface area contributed by atoms with E-state index in [-0.39, 0.29) is 22.7 Å². The van der Waals surface area contributed by atoms with Crippen molar-refractivity contribution in [2.24, 2.45) is 0 Å². The molecule has 0 unspecified atom stereocenters. The summed E-state index contributed by atoms with van der Waals surface area (Å²) in [6.45, 7) is 14.5. The van der Waals surface area contributed by atoms with Gasteiger partial charge in [0.15, 0.2) is 0 Å². The number of nitrogens with one attached hydrogen (secondary N) is 2. The Morgan fingerprint density at radius 2 is 0.500 bits per heavy atom. The van der Waals surface area contributed by atoms with Gasteiger partial charge in [-0.05, 0) is 171 Å². The highest BCUT2D eigenvalue weighted by atomic mass is 16.6. The normalized spacial score (nSPS) is 11.9. The third kappa shape index (κ3) is 7.46. The molecule has 2 aliphatic rings. The van der Waals surface area contributed by atoms with Gasteiger partial charge in [0, 0.05) is 92.9 Å². The zero-order valence-electron chi connectivity index (χ0n) is 38.2. The summed E-state index contributed by atoms with van der Waals surface area (Å²) in [5.41, 5.74) is 14.9. The van der Waals surface area contributed by atoms with Crippen molar-refractivity contribution in [2.45, 2.75) is 55.4 Å². The van der Waals surface area contributed by atoms with E-state index >= 15 is 0 Å². The minimum Gasteiger partial charge on any atom is -0.354 e. The van der Waals surface area contributed by atoms with Crippen molar-refractivity contribution in [3.05, 3.63) is 181 Å². The maximum absolute atomic E-state index is 12.1. The van der Waals surface area contributed by atoms with Crippen molar-refractivity contribution < 1.29 is 19.7 Å². The molecule has 7 aromatic rings. The molecule has 0 amide bonds. The summed E-state index contributed by atoms with van der Waals surface area (Å²) in [6.07, 6.45) is 7.52. The van der Waals surface area contributed by atoms with Crippen LogP contribution >= 0.6 is 0 Å². The second kappa shape index (κ2) is 16.5. The highest BCUT2D eigenvalue weighted by Gasteiger charge is 2.26. The molecule has 16 nitrogen and oxygen atoms in total. The SMILES string of the molecule is Cc1cc([N+](=O)[O-])cc(C)c1-c1c2nc(c(-c3c(C)cc([N+](=O)[O-])cc3C)c3ccc([nH]3)c(-c3c(C)cc([N+](=O)[O-])cc3C)c3nc(c(-c4c(C)cc([N+](=O)[O-])cc4C)c4ccc1[nH]4)C=C3)C=C2. The molecule has 338 valence electrons. The lowest BCUT2D eigenvalue weighted by Crippen LogP contribution is -1.98. The highest BCUT2D eigenvalue weighted by Crippen LogP contribution is 2.44. The lowest BCUT2D eigenvalue weighted by molar-refractivity contribution is -0.385. The van der Waals surface area contributed by atoms with Gasteiger partial charge in [0.05, 0.1) is 42.5 Å². The summed E-state index contributed by atoms with van der Waals surface area (Å²) in [5, 5.41) is 48.3. The number of aromatic nitrogens is 4. The lowest BCUT2D eigenvalue weighted by Gasteiger charge is -2.14. The summed E-state index contributed by atoms with van der Waals surface area (Å²) in [6, 6.07) is 19.9. The van der Waals surface area contributed by atoms with E-state index < -0.39 is 19.7 Å². The maximum atomic E-state index is 12.1. The van der Waals surface area contributed by atoms with E-state index in [1.807, 2.05) is 104 Å². The van der Waals surface area contributed by atoms with Crippen molar-refractivity contribution >= 4 is 69.1 Å². The molecule has 9 rings (SSSR count). The highest BCUT2D eigenvalue weighted by molar-refractivity contribution is 6.02. The minimum atomic E-state index is -0.426. The third-order valence-corrected chi connectivity index (χ3v) is 12.7. The van der Waals surface area contributed by atoms with Crippen LogP contribution in [0.15, 0.2) is 72.8 Å². The van der Waals surface area contributed by atoms with Gasteiger partial charge in [0.1, 0.15) is 0 Å². The van der Waals surface area contributed by atoms with Gasteiger partial charge in [-0.1, -0.05) is 0 Å². The van der Waals surface area contributed by atoms with Crippen LogP contribution in [0.1, 0.15) is 67.3 Å². The Balaban J connectivity index is 1.53. The molecule has 0 aliphatic carbocycles. The van der Waals surface area contributed by atoms with Gasteiger partial charge in [-0.2, -0.15) is 0 Å². The smallest absolute Gasteiger partial charge is 0.269 e. The first-order valence-corrected chi connectivity index (χ1v) is 21.5. The molecule has 0 saturated heterocycles. The Labute approximate surface area is 388 Å². The molecule has 3 aromatic heterocycles. The number of hydrogen-bond acceptors (Lipinski definition) is 10. The first kappa shape index (κ1) is 44.3. The number of aromatic amines is 2. The summed E-state index contributed by atoms with van der Waals surface area (Å²) >= 11 is 0. The number of H-pyrrole nitrogens is 2. The van der Waals surface area contributed by atoms with E-state index in [0.717, 1.165) is 0 Å². The third-order valence-electron chi connectivity index (χ3n) is 12.7. The van der Waals surface area contributed by atoms with Crippen molar-refractivity contribution in [1.82, 2.24) is 19.9 Å². The number of rotatable bonds is 8. The summed E-state index contributed by atoms with van der Waals surface area (Å²) < 4.78 is 0. The fourth-order valence-electron chi connectivity index (χ4n) is 10.0.